The van der Waals surface area contributed by atoms with E-state index < -0.39 is 33.6 Å². The number of hydrogen-bond acceptors (Lipinski definition) is 5. The Morgan fingerprint density at radius 2 is 1.97 bits per heavy atom. The molecule has 1 saturated carbocycles. The Kier molecular flexibility index (Phi) is 6.29. The van der Waals surface area contributed by atoms with Crippen molar-refractivity contribution >= 4 is 21.6 Å². The monoisotopic (exact) mass is 559 g/mol. The molecule has 2 aromatic rings. The summed E-state index contributed by atoms with van der Waals surface area (Å²) in [6.07, 6.45) is 4.29. The molecular weight excluding hydrogens is 531 g/mol. The number of amides is 1. The number of carbonyl (C=O) groups excluding carboxylic acids is 1. The summed E-state index contributed by atoms with van der Waals surface area (Å²) in [5.74, 6) is -0.536. The topological polar surface area (TPSA) is 88.4 Å². The Hall–Kier alpha value is -3.25. The van der Waals surface area contributed by atoms with E-state index in [1.807, 2.05) is 23.7 Å². The first kappa shape index (κ1) is 26.0. The molecule has 12 heteroatoms. The second-order valence-corrected chi connectivity index (χ2v) is 12.7. The molecule has 6 rings (SSSR count). The molecule has 1 saturated heterocycles. The van der Waals surface area contributed by atoms with Crippen LogP contribution in [-0.4, -0.2) is 58.4 Å². The van der Waals surface area contributed by atoms with Crippen LogP contribution in [0.15, 0.2) is 65.7 Å². The van der Waals surface area contributed by atoms with Crippen LogP contribution < -0.4 is 4.90 Å². The Bertz CT molecular complexity index is 1520. The fraction of sp³-hybridized carbons (Fsp3) is 0.444. The molecule has 3 heterocycles. The predicted molar refractivity (Wildman–Crippen MR) is 138 cm³/mol. The van der Waals surface area contributed by atoms with Crippen LogP contribution >= 0.6 is 0 Å². The minimum Gasteiger partial charge on any atom is -0.320 e. The fourth-order valence-electron chi connectivity index (χ4n) is 5.96. The summed E-state index contributed by atoms with van der Waals surface area (Å²) in [5, 5.41) is 8.36. The van der Waals surface area contributed by atoms with Gasteiger partial charge in [0.05, 0.1) is 17.2 Å². The van der Waals surface area contributed by atoms with E-state index in [1.165, 1.54) is 21.5 Å². The van der Waals surface area contributed by atoms with E-state index in [0.717, 1.165) is 36.7 Å². The molecular formula is C27H28F3N5O3S. The lowest BCUT2D eigenvalue weighted by Gasteiger charge is -2.33. The maximum Gasteiger partial charge on any atom is 0.416 e. The van der Waals surface area contributed by atoms with E-state index in [0.29, 0.717) is 18.0 Å². The third-order valence-electron chi connectivity index (χ3n) is 8.15. The third kappa shape index (κ3) is 4.63. The molecule has 0 N–H and O–H groups in total. The van der Waals surface area contributed by atoms with Gasteiger partial charge in [-0.3, -0.25) is 9.69 Å². The maximum absolute atomic E-state index is 14.2. The number of benzene rings is 1. The van der Waals surface area contributed by atoms with Gasteiger partial charge in [-0.2, -0.15) is 17.5 Å². The van der Waals surface area contributed by atoms with Crippen molar-refractivity contribution in [3.8, 4) is 0 Å². The number of rotatable bonds is 6. The Morgan fingerprint density at radius 1 is 1.18 bits per heavy atom. The van der Waals surface area contributed by atoms with Gasteiger partial charge in [0.1, 0.15) is 12.2 Å². The number of anilines is 1. The number of halogens is 3. The zero-order chi connectivity index (χ0) is 27.5. The highest BCUT2D eigenvalue weighted by atomic mass is 32.2. The van der Waals surface area contributed by atoms with Gasteiger partial charge in [0, 0.05) is 37.9 Å². The lowest BCUT2D eigenvalue weighted by atomic mass is 9.72. The van der Waals surface area contributed by atoms with Crippen molar-refractivity contribution in [2.45, 2.75) is 37.8 Å². The molecule has 0 bridgehead atoms. The van der Waals surface area contributed by atoms with Crippen molar-refractivity contribution in [2.24, 2.45) is 18.9 Å². The minimum atomic E-state index is -4.70. The van der Waals surface area contributed by atoms with E-state index in [-0.39, 0.29) is 35.9 Å². The van der Waals surface area contributed by atoms with E-state index in [4.69, 9.17) is 0 Å². The largest absolute Gasteiger partial charge is 0.416 e. The highest BCUT2D eigenvalue weighted by molar-refractivity contribution is 7.89. The molecule has 4 aliphatic rings. The second kappa shape index (κ2) is 9.44. The first-order chi connectivity index (χ1) is 18.5. The van der Waals surface area contributed by atoms with E-state index >= 15 is 0 Å². The molecule has 8 nitrogen and oxygen atoms in total. The zero-order valence-electron chi connectivity index (χ0n) is 21.3. The summed E-state index contributed by atoms with van der Waals surface area (Å²) in [5.41, 5.74) is 0.530. The molecule has 39 heavy (non-hydrogen) atoms. The highest BCUT2D eigenvalue weighted by Crippen LogP contribution is 2.46. The van der Waals surface area contributed by atoms with Gasteiger partial charge >= 0.3 is 6.18 Å². The summed E-state index contributed by atoms with van der Waals surface area (Å²) in [4.78, 5) is 14.8. The summed E-state index contributed by atoms with van der Waals surface area (Å²) in [6, 6.07) is 7.32. The van der Waals surface area contributed by atoms with Gasteiger partial charge in [0.15, 0.2) is 0 Å². The molecule has 1 aromatic heterocycles. The van der Waals surface area contributed by atoms with Gasteiger partial charge in [-0.15, -0.1) is 10.2 Å². The number of nitrogens with zero attached hydrogens (tertiary/aromatic N) is 5. The van der Waals surface area contributed by atoms with Gasteiger partial charge in [0.2, 0.25) is 15.9 Å². The second-order valence-electron chi connectivity index (χ2n) is 10.6. The van der Waals surface area contributed by atoms with E-state index in [2.05, 4.69) is 10.2 Å². The lowest BCUT2D eigenvalue weighted by molar-refractivity contribution is -0.119. The number of fused-ring (bicyclic) bond motifs is 1. The van der Waals surface area contributed by atoms with Gasteiger partial charge in [0.25, 0.3) is 0 Å². The molecule has 1 unspecified atom stereocenters. The van der Waals surface area contributed by atoms with Gasteiger partial charge in [-0.25, -0.2) is 8.42 Å². The SMILES string of the molecule is Cn1cnnc1[C@@H](c1cccc(N2C=C3C(C(F)(F)F)=CC(CN4CCCS4(=O)=O)=CC3C2=O)c1)C1CCC1. The number of aromatic nitrogens is 3. The number of allylic oxidation sites excluding steroid dienone is 1. The lowest BCUT2D eigenvalue weighted by Crippen LogP contribution is -2.31. The standard InChI is InChI=1S/C27H28F3N5O3S/c1-33-16-31-32-25(33)24(18-5-2-6-18)19-7-3-8-20(13-19)35-15-22-21(26(35)36)11-17(12-23(22)27(28,29)30)14-34-9-4-10-39(34,37)38/h3,7-8,11-13,15-16,18,21,24H,2,4-6,9-10,14H2,1H3/t21?,24-/m1/s1. The third-order valence-corrected chi connectivity index (χ3v) is 10.1. The molecule has 2 aliphatic carbocycles. The van der Waals surface area contributed by atoms with Crippen LogP contribution in [0.3, 0.4) is 0 Å². The Labute approximate surface area is 224 Å². The Morgan fingerprint density at radius 3 is 2.59 bits per heavy atom. The molecule has 2 fully saturated rings. The number of carbonyl (C=O) groups is 1. The van der Waals surface area contributed by atoms with E-state index in [1.54, 1.807) is 18.5 Å². The van der Waals surface area contributed by atoms with E-state index in [9.17, 15) is 26.4 Å². The fourth-order valence-corrected chi connectivity index (χ4v) is 7.47. The Balaban J connectivity index is 1.35. The van der Waals surface area contributed by atoms with Crippen molar-refractivity contribution < 1.29 is 26.4 Å². The average molecular weight is 560 g/mol. The number of alkyl halides is 3. The molecule has 1 aromatic carbocycles. The number of sulfonamides is 1. The summed E-state index contributed by atoms with van der Waals surface area (Å²) in [6.45, 7) is 0.0675. The van der Waals surface area contributed by atoms with Crippen molar-refractivity contribution in [2.75, 3.05) is 23.7 Å². The van der Waals surface area contributed by atoms with Crippen molar-refractivity contribution in [1.82, 2.24) is 19.1 Å². The predicted octanol–water partition coefficient (Wildman–Crippen LogP) is 4.06. The summed E-state index contributed by atoms with van der Waals surface area (Å²) >= 11 is 0. The van der Waals surface area contributed by atoms with Crippen LogP contribution in [0, 0.1) is 11.8 Å². The zero-order valence-corrected chi connectivity index (χ0v) is 22.1. The molecule has 1 amide bonds. The summed E-state index contributed by atoms with van der Waals surface area (Å²) in [7, 11) is -1.63. The van der Waals surface area contributed by atoms with Crippen molar-refractivity contribution in [1.29, 1.82) is 0 Å². The minimum absolute atomic E-state index is 0.0239. The van der Waals surface area contributed by atoms with Gasteiger partial charge < -0.3 is 4.57 Å². The highest BCUT2D eigenvalue weighted by Gasteiger charge is 2.46. The molecule has 0 radical (unpaired) electrons. The van der Waals surface area contributed by atoms with Crippen LogP contribution in [0.2, 0.25) is 0 Å². The average Bonchev–Trinajstić information content (AvgIpc) is 3.52. The van der Waals surface area contributed by atoms with Crippen molar-refractivity contribution in [3.63, 3.8) is 0 Å². The van der Waals surface area contributed by atoms with Crippen LogP contribution in [0.5, 0.6) is 0 Å². The van der Waals surface area contributed by atoms with Crippen LogP contribution in [0.25, 0.3) is 0 Å². The quantitative estimate of drug-likeness (QED) is 0.533. The van der Waals surface area contributed by atoms with Crippen LogP contribution in [-0.2, 0) is 21.9 Å². The van der Waals surface area contributed by atoms with Crippen LogP contribution in [0.1, 0.15) is 43.0 Å². The molecule has 2 atom stereocenters. The number of hydrogen-bond donors (Lipinski definition) is 0. The van der Waals surface area contributed by atoms with Gasteiger partial charge in [-0.1, -0.05) is 24.6 Å². The molecule has 206 valence electrons. The van der Waals surface area contributed by atoms with Crippen LogP contribution in [0.4, 0.5) is 18.9 Å². The van der Waals surface area contributed by atoms with Gasteiger partial charge in [-0.05, 0) is 60.1 Å². The first-order valence-corrected chi connectivity index (χ1v) is 14.6. The smallest absolute Gasteiger partial charge is 0.320 e. The molecule has 0 spiro atoms. The van der Waals surface area contributed by atoms with Crippen molar-refractivity contribution in [3.05, 3.63) is 77.1 Å². The summed E-state index contributed by atoms with van der Waals surface area (Å²) < 4.78 is 70.1. The maximum atomic E-state index is 14.2. The normalized spacial score (nSPS) is 24.2. The first-order valence-electron chi connectivity index (χ1n) is 13.0. The number of aryl methyl sites for hydroxylation is 1. The molecule has 2 aliphatic heterocycles.